The highest BCUT2D eigenvalue weighted by Crippen LogP contribution is 2.39. The van der Waals surface area contributed by atoms with E-state index in [9.17, 15) is 19.5 Å². The van der Waals surface area contributed by atoms with Crippen LogP contribution in [0.3, 0.4) is 0 Å². The molecule has 2 aliphatic rings. The van der Waals surface area contributed by atoms with Crippen LogP contribution in [0.2, 0.25) is 10.0 Å². The zero-order valence-electron chi connectivity index (χ0n) is 33.0. The normalized spacial score (nSPS) is 16.9. The Kier molecular flexibility index (Phi) is 15.2. The zero-order chi connectivity index (χ0) is 40.4. The SMILES string of the molecule is COCCCc1cc(CN(C(=O)[C@H]2CN(C(=O)O)CC[C@@H]2c2ccc(OCCOc3c(Cl)cc(C)cc3Cl)cc2)C2CC2)cc(OCCC(C)(C)C(=O)OC)c1. The second kappa shape index (κ2) is 19.8. The summed E-state index contributed by atoms with van der Waals surface area (Å²) in [5.74, 6) is 0.635. The lowest BCUT2D eigenvalue weighted by Crippen LogP contribution is -2.49. The minimum Gasteiger partial charge on any atom is -0.494 e. The maximum atomic E-state index is 14.7. The van der Waals surface area contributed by atoms with Crippen LogP contribution in [0.4, 0.5) is 4.79 Å². The molecule has 1 saturated heterocycles. The molecule has 3 aromatic carbocycles. The third-order valence-electron chi connectivity index (χ3n) is 10.4. The van der Waals surface area contributed by atoms with Gasteiger partial charge in [-0.2, -0.15) is 0 Å². The molecule has 1 aliphatic heterocycles. The van der Waals surface area contributed by atoms with Gasteiger partial charge in [0.05, 0.1) is 35.1 Å². The summed E-state index contributed by atoms with van der Waals surface area (Å²) in [6.07, 6.45) is 3.33. The van der Waals surface area contributed by atoms with Gasteiger partial charge in [0.1, 0.15) is 24.7 Å². The van der Waals surface area contributed by atoms with Gasteiger partial charge >= 0.3 is 12.1 Å². The van der Waals surface area contributed by atoms with Crippen LogP contribution in [-0.4, -0.2) is 92.7 Å². The summed E-state index contributed by atoms with van der Waals surface area (Å²) in [6.45, 7) is 7.83. The number of likely N-dealkylation sites (tertiary alicyclic amines) is 1. The summed E-state index contributed by atoms with van der Waals surface area (Å²) in [7, 11) is 3.06. The topological polar surface area (TPSA) is 124 Å². The van der Waals surface area contributed by atoms with Crippen LogP contribution in [0.1, 0.15) is 74.1 Å². The molecule has 13 heteroatoms. The monoisotopic (exact) mass is 812 g/mol. The number of benzene rings is 3. The van der Waals surface area contributed by atoms with E-state index in [1.807, 2.05) is 62.1 Å². The van der Waals surface area contributed by atoms with Gasteiger partial charge in [-0.05, 0) is 124 Å². The predicted octanol–water partition coefficient (Wildman–Crippen LogP) is 8.58. The zero-order valence-corrected chi connectivity index (χ0v) is 34.5. The number of ether oxygens (including phenoxy) is 5. The third kappa shape index (κ3) is 11.7. The molecule has 1 saturated carbocycles. The molecule has 0 spiro atoms. The number of methoxy groups -OCH3 is 2. The largest absolute Gasteiger partial charge is 0.494 e. The summed E-state index contributed by atoms with van der Waals surface area (Å²) < 4.78 is 28.2. The Balaban J connectivity index is 1.30. The Morgan fingerprint density at radius 3 is 2.16 bits per heavy atom. The smallest absolute Gasteiger partial charge is 0.407 e. The molecule has 0 unspecified atom stereocenters. The second-order valence-corrected chi connectivity index (χ2v) is 16.1. The molecule has 5 rings (SSSR count). The quantitative estimate of drug-likeness (QED) is 0.0937. The summed E-state index contributed by atoms with van der Waals surface area (Å²) >= 11 is 12.6. The van der Waals surface area contributed by atoms with Gasteiger partial charge in [0.15, 0.2) is 5.75 Å². The Bertz CT molecular complexity index is 1790. The second-order valence-electron chi connectivity index (χ2n) is 15.3. The van der Waals surface area contributed by atoms with Crippen molar-refractivity contribution < 1.29 is 43.2 Å². The van der Waals surface area contributed by atoms with Crippen molar-refractivity contribution in [3.8, 4) is 17.2 Å². The first-order valence-electron chi connectivity index (χ1n) is 19.2. The maximum absolute atomic E-state index is 14.7. The Hall–Kier alpha value is -4.19. The van der Waals surface area contributed by atoms with Gasteiger partial charge in [0.25, 0.3) is 0 Å². The summed E-state index contributed by atoms with van der Waals surface area (Å²) in [5.41, 5.74) is 3.20. The summed E-state index contributed by atoms with van der Waals surface area (Å²) in [6, 6.07) is 17.4. The number of carbonyl (C=O) groups is 3. The van der Waals surface area contributed by atoms with Gasteiger partial charge in [0.2, 0.25) is 5.91 Å². The van der Waals surface area contributed by atoms with Crippen molar-refractivity contribution in [2.45, 2.75) is 77.8 Å². The van der Waals surface area contributed by atoms with Crippen LogP contribution in [0.5, 0.6) is 17.2 Å². The predicted molar refractivity (Wildman–Crippen MR) is 215 cm³/mol. The van der Waals surface area contributed by atoms with Crippen LogP contribution in [0, 0.1) is 18.3 Å². The van der Waals surface area contributed by atoms with E-state index >= 15 is 0 Å². The molecule has 56 heavy (non-hydrogen) atoms. The Morgan fingerprint density at radius 1 is 0.857 bits per heavy atom. The first kappa shape index (κ1) is 42.9. The number of piperidine rings is 1. The van der Waals surface area contributed by atoms with E-state index < -0.39 is 17.4 Å². The molecular weight excluding hydrogens is 759 g/mol. The number of amides is 2. The van der Waals surface area contributed by atoms with Crippen LogP contribution >= 0.6 is 23.2 Å². The number of hydrogen-bond acceptors (Lipinski definition) is 8. The average Bonchev–Trinajstić information content (AvgIpc) is 4.01. The van der Waals surface area contributed by atoms with Gasteiger partial charge in [-0.15, -0.1) is 0 Å². The van der Waals surface area contributed by atoms with Gasteiger partial charge in [0, 0.05) is 39.4 Å². The number of carboxylic acid groups (broad SMARTS) is 1. The van der Waals surface area contributed by atoms with Crippen molar-refractivity contribution in [1.82, 2.24) is 9.80 Å². The number of esters is 1. The van der Waals surface area contributed by atoms with Crippen LogP contribution in [0.15, 0.2) is 54.6 Å². The molecule has 2 amide bonds. The van der Waals surface area contributed by atoms with E-state index in [0.717, 1.165) is 47.9 Å². The van der Waals surface area contributed by atoms with E-state index in [1.165, 1.54) is 12.0 Å². The van der Waals surface area contributed by atoms with Gasteiger partial charge < -0.3 is 38.6 Å². The molecule has 1 aliphatic carbocycles. The van der Waals surface area contributed by atoms with Gasteiger partial charge in [-0.1, -0.05) is 41.4 Å². The highest BCUT2D eigenvalue weighted by atomic mass is 35.5. The fraction of sp³-hybridized carbons (Fsp3) is 0.512. The van der Waals surface area contributed by atoms with Crippen molar-refractivity contribution in [3.63, 3.8) is 0 Å². The molecule has 1 N–H and O–H groups in total. The van der Waals surface area contributed by atoms with Gasteiger partial charge in [-0.25, -0.2) is 4.79 Å². The van der Waals surface area contributed by atoms with Crippen LogP contribution in [0.25, 0.3) is 0 Å². The number of carbonyl (C=O) groups excluding carboxylic acids is 2. The van der Waals surface area contributed by atoms with E-state index in [4.69, 9.17) is 46.9 Å². The molecule has 0 radical (unpaired) electrons. The first-order valence-corrected chi connectivity index (χ1v) is 20.0. The lowest BCUT2D eigenvalue weighted by Gasteiger charge is -2.39. The fourth-order valence-electron chi connectivity index (χ4n) is 7.17. The van der Waals surface area contributed by atoms with Crippen molar-refractivity contribution in [3.05, 3.63) is 86.9 Å². The van der Waals surface area contributed by atoms with Crippen molar-refractivity contribution in [2.75, 3.05) is 53.7 Å². The Labute approximate surface area is 340 Å². The lowest BCUT2D eigenvalue weighted by atomic mass is 9.79. The van der Waals surface area contributed by atoms with Gasteiger partial charge in [-0.3, -0.25) is 9.59 Å². The number of aryl methyl sites for hydroxylation is 2. The molecule has 0 aromatic heterocycles. The summed E-state index contributed by atoms with van der Waals surface area (Å²) in [4.78, 5) is 42.4. The fourth-order valence-corrected chi connectivity index (χ4v) is 7.87. The highest BCUT2D eigenvalue weighted by Gasteiger charge is 2.42. The molecule has 304 valence electrons. The number of halogens is 2. The molecule has 1 heterocycles. The molecule has 11 nitrogen and oxygen atoms in total. The van der Waals surface area contributed by atoms with E-state index in [0.29, 0.717) is 66.4 Å². The minimum atomic E-state index is -1.03. The molecule has 3 aromatic rings. The summed E-state index contributed by atoms with van der Waals surface area (Å²) in [5, 5.41) is 10.9. The average molecular weight is 814 g/mol. The number of nitrogens with zero attached hydrogens (tertiary/aromatic N) is 2. The standard InChI is InChI=1S/C43H54Cl2N2O9/c1-28-21-37(44)39(38(45)22-28)56-20-19-55-33-12-8-31(9-13-33)35-14-16-46(42(50)51)27-36(35)40(48)47(32-10-11-32)26-30-23-29(7-6-17-52-4)24-34(25-30)54-18-15-43(2,3)41(49)53-5/h8-9,12-13,21-25,32,35-36H,6-7,10-11,14-20,26-27H2,1-5H3,(H,50,51)/t35-,36+/m1/s1. The third-order valence-corrected chi connectivity index (χ3v) is 11.0. The number of rotatable bonds is 19. The van der Waals surface area contributed by atoms with E-state index in [-0.39, 0.29) is 43.6 Å². The first-order chi connectivity index (χ1) is 26.8. The van der Waals surface area contributed by atoms with Crippen molar-refractivity contribution in [2.24, 2.45) is 11.3 Å². The lowest BCUT2D eigenvalue weighted by molar-refractivity contribution is -0.151. The Morgan fingerprint density at radius 2 is 1.52 bits per heavy atom. The molecule has 2 fully saturated rings. The number of hydrogen-bond donors (Lipinski definition) is 1. The van der Waals surface area contributed by atoms with Crippen molar-refractivity contribution >= 4 is 41.2 Å². The minimum absolute atomic E-state index is 0.0542. The van der Waals surface area contributed by atoms with Crippen LogP contribution < -0.4 is 14.2 Å². The van der Waals surface area contributed by atoms with Crippen LogP contribution in [-0.2, 0) is 32.0 Å². The van der Waals surface area contributed by atoms with E-state index in [1.54, 1.807) is 19.2 Å². The molecular formula is C43H54Cl2N2O9. The van der Waals surface area contributed by atoms with E-state index in [2.05, 4.69) is 6.07 Å². The maximum Gasteiger partial charge on any atom is 0.407 e. The molecule has 0 bridgehead atoms. The highest BCUT2D eigenvalue weighted by molar-refractivity contribution is 6.37. The molecule has 2 atom stereocenters. The van der Waals surface area contributed by atoms with Crippen molar-refractivity contribution in [1.29, 1.82) is 0 Å².